The van der Waals surface area contributed by atoms with Gasteiger partial charge in [0.15, 0.2) is 0 Å². The molecule has 108 valence electrons. The molecule has 2 rings (SSSR count). The standard InChI is InChI=1S/C10H10Cl2N4O3S/c1-5-13-10(17)16(14-5)9-4-8(15-20(2,18)19)6(11)3-7(9)12/h3-4,15H,1-2H3,(H,13,14,17). The number of aryl methyl sites for hydroxylation is 1. The maximum absolute atomic E-state index is 11.7. The summed E-state index contributed by atoms with van der Waals surface area (Å²) < 4.78 is 25.8. The minimum Gasteiger partial charge on any atom is -0.293 e. The predicted octanol–water partition coefficient (Wildman–Crippen LogP) is 1.55. The monoisotopic (exact) mass is 336 g/mol. The minimum atomic E-state index is -3.51. The van der Waals surface area contributed by atoms with E-state index in [9.17, 15) is 13.2 Å². The molecule has 0 saturated carbocycles. The Morgan fingerprint density at radius 3 is 2.45 bits per heavy atom. The van der Waals surface area contributed by atoms with E-state index >= 15 is 0 Å². The third kappa shape index (κ3) is 3.14. The quantitative estimate of drug-likeness (QED) is 0.888. The van der Waals surface area contributed by atoms with Crippen molar-refractivity contribution >= 4 is 38.9 Å². The van der Waals surface area contributed by atoms with Crippen LogP contribution in [0.15, 0.2) is 16.9 Å². The molecule has 0 fully saturated rings. The van der Waals surface area contributed by atoms with Gasteiger partial charge in [-0.1, -0.05) is 23.2 Å². The van der Waals surface area contributed by atoms with Crippen LogP contribution in [0.3, 0.4) is 0 Å². The van der Waals surface area contributed by atoms with Crippen LogP contribution in [0, 0.1) is 6.92 Å². The molecule has 1 heterocycles. The van der Waals surface area contributed by atoms with Gasteiger partial charge >= 0.3 is 5.69 Å². The normalized spacial score (nSPS) is 11.6. The Bertz CT molecular complexity index is 826. The number of hydrogen-bond donors (Lipinski definition) is 2. The first kappa shape index (κ1) is 14.9. The first-order valence-corrected chi connectivity index (χ1v) is 7.95. The van der Waals surface area contributed by atoms with Gasteiger partial charge in [-0.05, 0) is 19.1 Å². The predicted molar refractivity (Wildman–Crippen MR) is 77.4 cm³/mol. The highest BCUT2D eigenvalue weighted by molar-refractivity contribution is 7.92. The van der Waals surface area contributed by atoms with Crippen LogP contribution in [0.5, 0.6) is 0 Å². The number of sulfonamides is 1. The largest absolute Gasteiger partial charge is 0.348 e. The molecule has 7 nitrogen and oxygen atoms in total. The number of halogens is 2. The number of benzene rings is 1. The van der Waals surface area contributed by atoms with E-state index in [1.165, 1.54) is 12.1 Å². The third-order valence-electron chi connectivity index (χ3n) is 2.29. The van der Waals surface area contributed by atoms with Crippen molar-refractivity contribution in [1.29, 1.82) is 0 Å². The molecule has 1 aromatic heterocycles. The van der Waals surface area contributed by atoms with Gasteiger partial charge in [-0.15, -0.1) is 0 Å². The van der Waals surface area contributed by atoms with Crippen molar-refractivity contribution in [3.63, 3.8) is 0 Å². The molecule has 10 heteroatoms. The molecule has 0 spiro atoms. The van der Waals surface area contributed by atoms with E-state index in [2.05, 4.69) is 14.8 Å². The molecule has 0 aliphatic carbocycles. The van der Waals surface area contributed by atoms with E-state index in [4.69, 9.17) is 23.2 Å². The second-order valence-electron chi connectivity index (χ2n) is 4.09. The molecule has 2 N–H and O–H groups in total. The number of nitrogens with zero attached hydrogens (tertiary/aromatic N) is 2. The van der Waals surface area contributed by atoms with Crippen molar-refractivity contribution in [3.8, 4) is 5.69 Å². The van der Waals surface area contributed by atoms with Gasteiger partial charge in [-0.2, -0.15) is 9.78 Å². The van der Waals surface area contributed by atoms with Crippen LogP contribution < -0.4 is 10.4 Å². The summed E-state index contributed by atoms with van der Waals surface area (Å²) in [5, 5.41) is 4.24. The zero-order valence-corrected chi connectivity index (χ0v) is 12.8. The second kappa shape index (κ2) is 5.12. The fourth-order valence-electron chi connectivity index (χ4n) is 1.57. The highest BCUT2D eigenvalue weighted by Gasteiger charge is 2.14. The Hall–Kier alpha value is -1.51. The molecule has 0 radical (unpaired) electrons. The van der Waals surface area contributed by atoms with E-state index < -0.39 is 15.7 Å². The van der Waals surface area contributed by atoms with E-state index in [0.29, 0.717) is 5.82 Å². The fraction of sp³-hybridized carbons (Fsp3) is 0.200. The molecule has 0 aliphatic heterocycles. The lowest BCUT2D eigenvalue weighted by Crippen LogP contribution is -2.17. The summed E-state index contributed by atoms with van der Waals surface area (Å²) >= 11 is 11.9. The molecule has 20 heavy (non-hydrogen) atoms. The van der Waals surface area contributed by atoms with Gasteiger partial charge in [0, 0.05) is 0 Å². The number of aromatic nitrogens is 3. The maximum atomic E-state index is 11.7. The summed E-state index contributed by atoms with van der Waals surface area (Å²) in [6.07, 6.45) is 0.989. The van der Waals surface area contributed by atoms with Gasteiger partial charge < -0.3 is 0 Å². The van der Waals surface area contributed by atoms with E-state index in [1.807, 2.05) is 0 Å². The lowest BCUT2D eigenvalue weighted by Gasteiger charge is -2.10. The molecule has 0 saturated heterocycles. The number of aromatic amines is 1. The zero-order valence-electron chi connectivity index (χ0n) is 10.4. The number of nitrogens with one attached hydrogen (secondary N) is 2. The van der Waals surface area contributed by atoms with Crippen molar-refractivity contribution in [1.82, 2.24) is 14.8 Å². The Balaban J connectivity index is 2.63. The lowest BCUT2D eigenvalue weighted by atomic mass is 10.3. The van der Waals surface area contributed by atoms with Crippen LogP contribution in [0.2, 0.25) is 10.0 Å². The van der Waals surface area contributed by atoms with Crippen molar-refractivity contribution in [2.75, 3.05) is 11.0 Å². The fourth-order valence-corrected chi connectivity index (χ4v) is 2.70. The number of anilines is 1. The summed E-state index contributed by atoms with van der Waals surface area (Å²) in [6.45, 7) is 1.61. The van der Waals surface area contributed by atoms with Gasteiger partial charge in [0.1, 0.15) is 5.82 Å². The van der Waals surface area contributed by atoms with Crippen LogP contribution in [-0.4, -0.2) is 29.4 Å². The number of hydrogen-bond acceptors (Lipinski definition) is 4. The smallest absolute Gasteiger partial charge is 0.293 e. The van der Waals surface area contributed by atoms with Gasteiger partial charge in [0.25, 0.3) is 0 Å². The average molecular weight is 337 g/mol. The highest BCUT2D eigenvalue weighted by Crippen LogP contribution is 2.31. The summed E-state index contributed by atoms with van der Waals surface area (Å²) in [7, 11) is -3.51. The average Bonchev–Trinajstić information content (AvgIpc) is 2.60. The highest BCUT2D eigenvalue weighted by atomic mass is 35.5. The van der Waals surface area contributed by atoms with Gasteiger partial charge in [-0.3, -0.25) is 9.71 Å². The molecular weight excluding hydrogens is 327 g/mol. The SMILES string of the molecule is Cc1nn(-c2cc(NS(C)(=O)=O)c(Cl)cc2Cl)c(=O)[nH]1. The Labute approximate surface area is 124 Å². The summed E-state index contributed by atoms with van der Waals surface area (Å²) in [6, 6.07) is 2.68. The van der Waals surface area contributed by atoms with E-state index in [1.54, 1.807) is 6.92 Å². The Morgan fingerprint density at radius 1 is 1.30 bits per heavy atom. The third-order valence-corrected chi connectivity index (χ3v) is 3.50. The first-order valence-electron chi connectivity index (χ1n) is 5.30. The zero-order chi connectivity index (χ0) is 15.1. The van der Waals surface area contributed by atoms with E-state index in [0.717, 1.165) is 10.9 Å². The molecule has 0 amide bonds. The summed E-state index contributed by atoms with van der Waals surface area (Å²) in [5.74, 6) is 0.402. The van der Waals surface area contributed by atoms with Crippen LogP contribution in [0.4, 0.5) is 5.69 Å². The summed E-state index contributed by atoms with van der Waals surface area (Å²) in [5.41, 5.74) is -0.158. The molecule has 0 bridgehead atoms. The van der Waals surface area contributed by atoms with Crippen molar-refractivity contribution in [3.05, 3.63) is 38.5 Å². The molecule has 2 aromatic rings. The van der Waals surface area contributed by atoms with Crippen LogP contribution in [-0.2, 0) is 10.0 Å². The second-order valence-corrected chi connectivity index (χ2v) is 6.65. The van der Waals surface area contributed by atoms with Crippen LogP contribution in [0.1, 0.15) is 5.82 Å². The molecule has 0 unspecified atom stereocenters. The van der Waals surface area contributed by atoms with Gasteiger partial charge in [0.05, 0.1) is 27.7 Å². The van der Waals surface area contributed by atoms with E-state index in [-0.39, 0.29) is 21.4 Å². The maximum Gasteiger partial charge on any atom is 0.348 e. The topological polar surface area (TPSA) is 96.8 Å². The lowest BCUT2D eigenvalue weighted by molar-refractivity contribution is 0.607. The molecular formula is C10H10Cl2N4O3S. The molecule has 0 aliphatic rings. The number of H-pyrrole nitrogens is 1. The number of rotatable bonds is 3. The van der Waals surface area contributed by atoms with Crippen molar-refractivity contribution in [2.45, 2.75) is 6.92 Å². The van der Waals surface area contributed by atoms with Crippen LogP contribution in [0.25, 0.3) is 5.69 Å². The molecule has 0 atom stereocenters. The van der Waals surface area contributed by atoms with Gasteiger partial charge in [0.2, 0.25) is 10.0 Å². The first-order chi connectivity index (χ1) is 9.17. The van der Waals surface area contributed by atoms with Crippen molar-refractivity contribution in [2.24, 2.45) is 0 Å². The van der Waals surface area contributed by atoms with Crippen molar-refractivity contribution < 1.29 is 8.42 Å². The summed E-state index contributed by atoms with van der Waals surface area (Å²) in [4.78, 5) is 14.2. The van der Waals surface area contributed by atoms with Gasteiger partial charge in [-0.25, -0.2) is 13.2 Å². The minimum absolute atomic E-state index is 0.112. The molecule has 1 aromatic carbocycles. The Morgan fingerprint density at radius 2 is 1.95 bits per heavy atom. The Kier molecular flexibility index (Phi) is 3.81. The van der Waals surface area contributed by atoms with Crippen LogP contribution >= 0.6 is 23.2 Å².